The number of aliphatic hydroxyl groups is 2. The van der Waals surface area contributed by atoms with Crippen LogP contribution in [0.2, 0.25) is 0 Å². The number of carbonyl (C=O) groups is 2. The number of phenols is 3. The number of aliphatic hydroxyl groups excluding tert-OH is 1. The fraction of sp³-hybridized carbons (Fsp3) is 0.222. The maximum atomic E-state index is 12.9. The first-order valence-electron chi connectivity index (χ1n) is 8.01. The van der Waals surface area contributed by atoms with E-state index in [4.69, 9.17) is 9.47 Å². The highest BCUT2D eigenvalue weighted by Crippen LogP contribution is 2.55. The van der Waals surface area contributed by atoms with Crippen LogP contribution < -0.4 is 4.74 Å². The SMILES string of the molecule is O=C1c2cc3c(c(O)c2C(=O)c2c(O)ccc(O)c21)[C@]1(O)C[C@@H](O)O[C@H]1O3. The van der Waals surface area contributed by atoms with E-state index in [0.29, 0.717) is 0 Å². The van der Waals surface area contributed by atoms with Crippen LogP contribution >= 0.6 is 0 Å². The Morgan fingerprint density at radius 3 is 2.30 bits per heavy atom. The molecule has 0 unspecified atom stereocenters. The molecular weight excluding hydrogens is 360 g/mol. The quantitative estimate of drug-likeness (QED) is 0.349. The van der Waals surface area contributed by atoms with Gasteiger partial charge in [0.05, 0.1) is 22.3 Å². The first-order valence-corrected chi connectivity index (χ1v) is 8.01. The molecular formula is C18H12O9. The molecule has 2 heterocycles. The van der Waals surface area contributed by atoms with Gasteiger partial charge in [-0.25, -0.2) is 0 Å². The molecule has 5 N–H and O–H groups in total. The molecule has 27 heavy (non-hydrogen) atoms. The Balaban J connectivity index is 1.80. The van der Waals surface area contributed by atoms with Gasteiger partial charge in [0, 0.05) is 12.0 Å². The second kappa shape index (κ2) is 4.77. The van der Waals surface area contributed by atoms with Crippen LogP contribution in [0.1, 0.15) is 43.8 Å². The summed E-state index contributed by atoms with van der Waals surface area (Å²) in [7, 11) is 0. The van der Waals surface area contributed by atoms with Crippen molar-refractivity contribution in [1.29, 1.82) is 0 Å². The van der Waals surface area contributed by atoms with Crippen molar-refractivity contribution in [3.05, 3.63) is 46.0 Å². The van der Waals surface area contributed by atoms with Gasteiger partial charge < -0.3 is 35.0 Å². The minimum absolute atomic E-state index is 0.0742. The van der Waals surface area contributed by atoms with Gasteiger partial charge in [0.2, 0.25) is 12.1 Å². The van der Waals surface area contributed by atoms with Crippen LogP contribution in [0.4, 0.5) is 0 Å². The molecule has 138 valence electrons. The van der Waals surface area contributed by atoms with Crippen LogP contribution in [0.3, 0.4) is 0 Å². The fourth-order valence-corrected chi connectivity index (χ4v) is 3.99. The largest absolute Gasteiger partial charge is 0.507 e. The number of phenolic OH excluding ortho intramolecular Hbond substituents is 3. The van der Waals surface area contributed by atoms with Gasteiger partial charge in [-0.1, -0.05) is 0 Å². The Bertz CT molecular complexity index is 1070. The zero-order valence-corrected chi connectivity index (χ0v) is 13.5. The van der Waals surface area contributed by atoms with E-state index < -0.39 is 58.1 Å². The van der Waals surface area contributed by atoms with Gasteiger partial charge in [-0.15, -0.1) is 0 Å². The molecule has 0 spiro atoms. The zero-order valence-electron chi connectivity index (χ0n) is 13.5. The van der Waals surface area contributed by atoms with Gasteiger partial charge in [0.1, 0.15) is 23.0 Å². The summed E-state index contributed by atoms with van der Waals surface area (Å²) in [6.07, 6.45) is -2.95. The highest BCUT2D eigenvalue weighted by Gasteiger charge is 2.58. The molecule has 0 bridgehead atoms. The van der Waals surface area contributed by atoms with Gasteiger partial charge in [0.15, 0.2) is 17.7 Å². The lowest BCUT2D eigenvalue weighted by molar-refractivity contribution is -0.173. The lowest BCUT2D eigenvalue weighted by Gasteiger charge is -2.23. The number of ketones is 2. The fourth-order valence-electron chi connectivity index (χ4n) is 3.99. The van der Waals surface area contributed by atoms with E-state index in [1.165, 1.54) is 6.07 Å². The van der Waals surface area contributed by atoms with E-state index in [2.05, 4.69) is 0 Å². The number of benzene rings is 2. The van der Waals surface area contributed by atoms with E-state index in [-0.39, 0.29) is 28.9 Å². The minimum Gasteiger partial charge on any atom is -0.507 e. The monoisotopic (exact) mass is 372 g/mol. The van der Waals surface area contributed by atoms with Crippen molar-refractivity contribution in [2.75, 3.05) is 0 Å². The smallest absolute Gasteiger partial charge is 0.235 e. The summed E-state index contributed by atoms with van der Waals surface area (Å²) >= 11 is 0. The average molecular weight is 372 g/mol. The molecule has 1 saturated heterocycles. The topological polar surface area (TPSA) is 154 Å². The first kappa shape index (κ1) is 16.1. The molecule has 3 aliphatic rings. The maximum absolute atomic E-state index is 12.9. The Morgan fingerprint density at radius 2 is 1.63 bits per heavy atom. The zero-order chi connectivity index (χ0) is 19.2. The van der Waals surface area contributed by atoms with E-state index in [0.717, 1.165) is 12.1 Å². The van der Waals surface area contributed by atoms with Crippen molar-refractivity contribution in [2.45, 2.75) is 24.6 Å². The van der Waals surface area contributed by atoms with E-state index in [9.17, 15) is 35.1 Å². The summed E-state index contributed by atoms with van der Waals surface area (Å²) in [5.41, 5.74) is -3.56. The number of carbonyl (C=O) groups excluding carboxylic acids is 2. The number of fused-ring (bicyclic) bond motifs is 5. The number of rotatable bonds is 0. The molecule has 2 aromatic rings. The molecule has 2 aromatic carbocycles. The Hall–Kier alpha value is -3.14. The van der Waals surface area contributed by atoms with E-state index >= 15 is 0 Å². The molecule has 0 radical (unpaired) electrons. The molecule has 0 aromatic heterocycles. The lowest BCUT2D eigenvalue weighted by Crippen LogP contribution is -2.33. The Morgan fingerprint density at radius 1 is 1.00 bits per heavy atom. The number of aromatic hydroxyl groups is 3. The molecule has 9 heteroatoms. The molecule has 0 amide bonds. The molecule has 1 aliphatic carbocycles. The third-order valence-corrected chi connectivity index (χ3v) is 5.18. The summed E-state index contributed by atoms with van der Waals surface area (Å²) in [5.74, 6) is -3.47. The predicted molar refractivity (Wildman–Crippen MR) is 84.8 cm³/mol. The first-order chi connectivity index (χ1) is 12.7. The third kappa shape index (κ3) is 1.78. The number of hydrogen-bond donors (Lipinski definition) is 5. The minimum atomic E-state index is -1.90. The van der Waals surface area contributed by atoms with Crippen molar-refractivity contribution in [3.8, 4) is 23.0 Å². The summed E-state index contributed by atoms with van der Waals surface area (Å²) in [6, 6.07) is 3.31. The van der Waals surface area contributed by atoms with Gasteiger partial charge in [-0.05, 0) is 18.2 Å². The van der Waals surface area contributed by atoms with Crippen molar-refractivity contribution >= 4 is 11.6 Å². The Kier molecular flexibility index (Phi) is 2.84. The molecule has 0 saturated carbocycles. The summed E-state index contributed by atoms with van der Waals surface area (Å²) in [5, 5.41) is 51.2. The van der Waals surface area contributed by atoms with Crippen molar-refractivity contribution in [1.82, 2.24) is 0 Å². The predicted octanol–water partition coefficient (Wildman–Crippen LogP) is 0.224. The summed E-state index contributed by atoms with van der Waals surface area (Å²) in [6.45, 7) is 0. The number of ether oxygens (including phenoxy) is 2. The molecule has 2 aliphatic heterocycles. The molecule has 3 atom stereocenters. The van der Waals surface area contributed by atoms with Crippen LogP contribution in [-0.2, 0) is 10.3 Å². The van der Waals surface area contributed by atoms with Crippen molar-refractivity contribution < 1.29 is 44.6 Å². The normalized spacial score (nSPS) is 27.6. The van der Waals surface area contributed by atoms with Gasteiger partial charge in [-0.3, -0.25) is 9.59 Å². The Labute approximate surface area is 150 Å². The second-order valence-electron chi connectivity index (χ2n) is 6.70. The number of hydrogen-bond acceptors (Lipinski definition) is 9. The van der Waals surface area contributed by atoms with Crippen molar-refractivity contribution in [2.24, 2.45) is 0 Å². The standard InChI is InChI=1S/C18H12O9/c19-6-1-2-7(20)12-11(6)14(22)5-3-8-13(16(24)10(5)15(12)23)18(25)4-9(21)27-17(18)26-8/h1-3,9,17,19-21,24-25H,4H2/t9-,17+,18+/m0/s1. The molecule has 9 nitrogen and oxygen atoms in total. The van der Waals surface area contributed by atoms with Crippen LogP contribution in [0.5, 0.6) is 23.0 Å². The molecule has 1 fully saturated rings. The van der Waals surface area contributed by atoms with Gasteiger partial charge in [0.25, 0.3) is 0 Å². The highest BCUT2D eigenvalue weighted by atomic mass is 16.8. The van der Waals surface area contributed by atoms with Gasteiger partial charge in [-0.2, -0.15) is 0 Å². The lowest BCUT2D eigenvalue weighted by atomic mass is 9.79. The van der Waals surface area contributed by atoms with Crippen molar-refractivity contribution in [3.63, 3.8) is 0 Å². The van der Waals surface area contributed by atoms with Crippen LogP contribution in [0.15, 0.2) is 18.2 Å². The summed E-state index contributed by atoms with van der Waals surface area (Å²) in [4.78, 5) is 25.8. The van der Waals surface area contributed by atoms with Gasteiger partial charge >= 0.3 is 0 Å². The summed E-state index contributed by atoms with van der Waals surface area (Å²) < 4.78 is 10.5. The maximum Gasteiger partial charge on any atom is 0.235 e. The van der Waals surface area contributed by atoms with E-state index in [1.807, 2.05) is 0 Å². The van der Waals surface area contributed by atoms with Crippen LogP contribution in [-0.4, -0.2) is 49.7 Å². The third-order valence-electron chi connectivity index (χ3n) is 5.18. The van der Waals surface area contributed by atoms with Crippen LogP contribution in [0, 0.1) is 0 Å². The van der Waals surface area contributed by atoms with Crippen LogP contribution in [0.25, 0.3) is 0 Å². The second-order valence-corrected chi connectivity index (χ2v) is 6.70. The highest BCUT2D eigenvalue weighted by molar-refractivity contribution is 6.31. The average Bonchev–Trinajstić information content (AvgIpc) is 3.02. The van der Waals surface area contributed by atoms with E-state index in [1.54, 1.807) is 0 Å². The molecule has 5 rings (SSSR count).